The van der Waals surface area contributed by atoms with E-state index in [1.54, 1.807) is 0 Å². The molecule has 2 rings (SSSR count). The second-order valence-corrected chi connectivity index (χ2v) is 6.85. The van der Waals surface area contributed by atoms with Crippen LogP contribution >= 0.6 is 0 Å². The Kier molecular flexibility index (Phi) is 4.18. The number of nitrogens with one attached hydrogen (secondary N) is 1. The highest BCUT2D eigenvalue weighted by Crippen LogP contribution is 2.36. The molecule has 0 aromatic heterocycles. The number of hydrogen-bond acceptors (Lipinski definition) is 2. The van der Waals surface area contributed by atoms with Crippen molar-refractivity contribution < 1.29 is 0 Å². The lowest BCUT2D eigenvalue weighted by atomic mass is 9.85. The van der Waals surface area contributed by atoms with Gasteiger partial charge in [0.15, 0.2) is 0 Å². The molecular formula is C16H30N2. The maximum atomic E-state index is 3.89. The fourth-order valence-corrected chi connectivity index (χ4v) is 3.41. The Morgan fingerprint density at radius 3 is 2.50 bits per heavy atom. The molecule has 0 bridgehead atoms. The van der Waals surface area contributed by atoms with Gasteiger partial charge >= 0.3 is 0 Å². The van der Waals surface area contributed by atoms with Gasteiger partial charge in [0.1, 0.15) is 0 Å². The van der Waals surface area contributed by atoms with Gasteiger partial charge in [0, 0.05) is 30.7 Å². The van der Waals surface area contributed by atoms with E-state index in [0.29, 0.717) is 11.1 Å². The van der Waals surface area contributed by atoms with Crippen LogP contribution in [0.25, 0.3) is 0 Å². The van der Waals surface area contributed by atoms with Crippen molar-refractivity contribution in [1.29, 1.82) is 0 Å². The first kappa shape index (κ1) is 14.1. The van der Waals surface area contributed by atoms with Gasteiger partial charge in [0.05, 0.1) is 0 Å². The molecule has 2 aliphatic rings. The number of allylic oxidation sites excluding steroid dienone is 1. The minimum Gasteiger partial charge on any atom is -0.308 e. The molecule has 1 unspecified atom stereocenters. The van der Waals surface area contributed by atoms with E-state index in [1.165, 1.54) is 44.2 Å². The standard InChI is InChI=1S/C16H30N2/c1-5-15(4)12-17-16(9-6-7-10-16)13-18(15)11-8-14(2)3/h8,17H,5-7,9-13H2,1-4H3. The highest BCUT2D eigenvalue weighted by atomic mass is 15.3. The predicted molar refractivity (Wildman–Crippen MR) is 78.9 cm³/mol. The van der Waals surface area contributed by atoms with Crippen LogP contribution in [0, 0.1) is 0 Å². The van der Waals surface area contributed by atoms with Gasteiger partial charge in [0.25, 0.3) is 0 Å². The summed E-state index contributed by atoms with van der Waals surface area (Å²) in [5.41, 5.74) is 2.21. The van der Waals surface area contributed by atoms with E-state index in [9.17, 15) is 0 Å². The van der Waals surface area contributed by atoms with E-state index >= 15 is 0 Å². The summed E-state index contributed by atoms with van der Waals surface area (Å²) in [6, 6.07) is 0. The molecule has 2 nitrogen and oxygen atoms in total. The molecule has 1 atom stereocenters. The van der Waals surface area contributed by atoms with Crippen molar-refractivity contribution in [3.63, 3.8) is 0 Å². The summed E-state index contributed by atoms with van der Waals surface area (Å²) in [4.78, 5) is 2.72. The predicted octanol–water partition coefficient (Wildman–Crippen LogP) is 3.34. The Hall–Kier alpha value is -0.340. The van der Waals surface area contributed by atoms with E-state index in [-0.39, 0.29) is 0 Å². The molecule has 1 heterocycles. The highest BCUT2D eigenvalue weighted by Gasteiger charge is 2.44. The second-order valence-electron chi connectivity index (χ2n) is 6.85. The summed E-state index contributed by atoms with van der Waals surface area (Å²) in [5.74, 6) is 0. The van der Waals surface area contributed by atoms with Crippen molar-refractivity contribution in [3.05, 3.63) is 11.6 Å². The van der Waals surface area contributed by atoms with Gasteiger partial charge in [-0.25, -0.2) is 0 Å². The van der Waals surface area contributed by atoms with Crippen LogP contribution in [-0.2, 0) is 0 Å². The van der Waals surface area contributed by atoms with Crippen LogP contribution in [0.15, 0.2) is 11.6 Å². The third kappa shape index (κ3) is 2.80. The van der Waals surface area contributed by atoms with E-state index in [0.717, 1.165) is 13.1 Å². The zero-order valence-electron chi connectivity index (χ0n) is 12.7. The Morgan fingerprint density at radius 1 is 1.28 bits per heavy atom. The first-order chi connectivity index (χ1) is 8.50. The maximum absolute atomic E-state index is 3.89. The summed E-state index contributed by atoms with van der Waals surface area (Å²) < 4.78 is 0. The number of nitrogens with zero attached hydrogens (tertiary/aromatic N) is 1. The van der Waals surface area contributed by atoms with Gasteiger partial charge in [-0.3, -0.25) is 4.90 Å². The van der Waals surface area contributed by atoms with E-state index < -0.39 is 0 Å². The second kappa shape index (κ2) is 5.34. The molecule has 1 spiro atoms. The molecular weight excluding hydrogens is 220 g/mol. The summed E-state index contributed by atoms with van der Waals surface area (Å²) in [7, 11) is 0. The van der Waals surface area contributed by atoms with Crippen LogP contribution in [0.3, 0.4) is 0 Å². The van der Waals surface area contributed by atoms with Crippen molar-refractivity contribution in [2.75, 3.05) is 19.6 Å². The Bertz CT molecular complexity index is 311. The quantitative estimate of drug-likeness (QED) is 0.773. The van der Waals surface area contributed by atoms with E-state index in [2.05, 4.69) is 44.0 Å². The minimum atomic E-state index is 0.333. The lowest BCUT2D eigenvalue weighted by Crippen LogP contribution is -2.68. The molecule has 104 valence electrons. The van der Waals surface area contributed by atoms with Crippen molar-refractivity contribution >= 4 is 0 Å². The molecule has 2 heteroatoms. The maximum Gasteiger partial charge on any atom is 0.0309 e. The molecule has 0 aromatic rings. The normalized spacial score (nSPS) is 31.8. The van der Waals surface area contributed by atoms with Crippen molar-refractivity contribution in [2.45, 2.75) is 70.9 Å². The Morgan fingerprint density at radius 2 is 1.94 bits per heavy atom. The third-order valence-electron chi connectivity index (χ3n) is 5.14. The molecule has 1 aliphatic carbocycles. The minimum absolute atomic E-state index is 0.333. The van der Waals surface area contributed by atoms with Gasteiger partial charge in [0.2, 0.25) is 0 Å². The van der Waals surface area contributed by atoms with Gasteiger partial charge in [-0.2, -0.15) is 0 Å². The average molecular weight is 250 g/mol. The smallest absolute Gasteiger partial charge is 0.0309 e. The zero-order chi connectivity index (χ0) is 13.2. The molecule has 0 amide bonds. The van der Waals surface area contributed by atoms with Crippen LogP contribution in [0.1, 0.15) is 59.8 Å². The Labute approximate surface area is 113 Å². The number of piperazine rings is 1. The lowest BCUT2D eigenvalue weighted by Gasteiger charge is -2.52. The first-order valence-corrected chi connectivity index (χ1v) is 7.63. The van der Waals surface area contributed by atoms with Gasteiger partial charge < -0.3 is 5.32 Å². The third-order valence-corrected chi connectivity index (χ3v) is 5.14. The zero-order valence-corrected chi connectivity index (χ0v) is 12.7. The molecule has 18 heavy (non-hydrogen) atoms. The average Bonchev–Trinajstić information content (AvgIpc) is 2.79. The number of hydrogen-bond donors (Lipinski definition) is 1. The number of rotatable bonds is 3. The van der Waals surface area contributed by atoms with Crippen LogP contribution in [-0.4, -0.2) is 35.6 Å². The van der Waals surface area contributed by atoms with Crippen LogP contribution in [0.2, 0.25) is 0 Å². The van der Waals surface area contributed by atoms with Gasteiger partial charge in [-0.15, -0.1) is 0 Å². The molecule has 1 saturated carbocycles. The topological polar surface area (TPSA) is 15.3 Å². The highest BCUT2D eigenvalue weighted by molar-refractivity contribution is 5.07. The van der Waals surface area contributed by atoms with E-state index in [1.807, 2.05) is 0 Å². The molecule has 1 aliphatic heterocycles. The summed E-state index contributed by atoms with van der Waals surface area (Å²) in [6.45, 7) is 12.7. The molecule has 0 radical (unpaired) electrons. The molecule has 0 aromatic carbocycles. The van der Waals surface area contributed by atoms with Gasteiger partial charge in [-0.1, -0.05) is 31.4 Å². The summed E-state index contributed by atoms with van der Waals surface area (Å²) >= 11 is 0. The molecule has 1 N–H and O–H groups in total. The van der Waals surface area contributed by atoms with Crippen LogP contribution in [0.5, 0.6) is 0 Å². The van der Waals surface area contributed by atoms with Crippen molar-refractivity contribution in [1.82, 2.24) is 10.2 Å². The first-order valence-electron chi connectivity index (χ1n) is 7.63. The largest absolute Gasteiger partial charge is 0.308 e. The Balaban J connectivity index is 2.10. The summed E-state index contributed by atoms with van der Waals surface area (Å²) in [6.07, 6.45) is 9.18. The van der Waals surface area contributed by atoms with Crippen LogP contribution < -0.4 is 5.32 Å². The fourth-order valence-electron chi connectivity index (χ4n) is 3.41. The van der Waals surface area contributed by atoms with Gasteiger partial charge in [-0.05, 0) is 40.0 Å². The van der Waals surface area contributed by atoms with Crippen molar-refractivity contribution in [3.8, 4) is 0 Å². The van der Waals surface area contributed by atoms with Crippen LogP contribution in [0.4, 0.5) is 0 Å². The monoisotopic (exact) mass is 250 g/mol. The van der Waals surface area contributed by atoms with Crippen molar-refractivity contribution in [2.24, 2.45) is 0 Å². The summed E-state index contributed by atoms with van der Waals surface area (Å²) in [5, 5.41) is 3.89. The lowest BCUT2D eigenvalue weighted by molar-refractivity contribution is 0.0238. The fraction of sp³-hybridized carbons (Fsp3) is 0.875. The molecule has 2 fully saturated rings. The molecule has 1 saturated heterocycles. The van der Waals surface area contributed by atoms with E-state index in [4.69, 9.17) is 0 Å². The SMILES string of the molecule is CCC1(C)CNC2(CCCC2)CN1CC=C(C)C.